The molecule has 0 saturated carbocycles. The summed E-state index contributed by atoms with van der Waals surface area (Å²) in [4.78, 5) is 37.3. The molecule has 0 amide bonds. The zero-order valence-electron chi connectivity index (χ0n) is 9.75. The average Bonchev–Trinajstić information content (AvgIpc) is 1.60. The third-order valence-electron chi connectivity index (χ3n) is 0.200. The molecule has 0 spiro atoms. The van der Waals surface area contributed by atoms with Crippen molar-refractivity contribution in [3.05, 3.63) is 0 Å². The molecular weight excluding hydrogens is 290 g/mol. The molecule has 7 nitrogen and oxygen atoms in total. The summed E-state index contributed by atoms with van der Waals surface area (Å²) in [5.74, 6) is 0. The van der Waals surface area contributed by atoms with Crippen LogP contribution in [-0.4, -0.2) is 0 Å². The molecule has 0 unspecified atom stereocenters. The summed E-state index contributed by atoms with van der Waals surface area (Å²) in [6.07, 6.45) is 0. The molecule has 0 aliphatic heterocycles. The number of hydrogen-bond donors (Lipinski definition) is 0. The van der Waals surface area contributed by atoms with Gasteiger partial charge in [0.15, 0.2) is 0 Å². The standard InChI is InChI=1S/C2H6.4Na.H4O7P2/c1-2;;;;;1-8(2,3)7-9(4,5)6/h1-2H3;;;;;(H2,1,2,3)(H2,4,5,6)/q;4*+1;/p-4. The van der Waals surface area contributed by atoms with Gasteiger partial charge in [-0.05, 0) is 0 Å². The Morgan fingerprint density at radius 2 is 0.867 bits per heavy atom. The molecule has 0 rings (SSSR count). The van der Waals surface area contributed by atoms with E-state index >= 15 is 0 Å². The molecule has 70 valence electrons. The number of hydrogen-bond acceptors (Lipinski definition) is 7. The van der Waals surface area contributed by atoms with Gasteiger partial charge in [-0.15, -0.1) is 0 Å². The van der Waals surface area contributed by atoms with E-state index in [4.69, 9.17) is 0 Å². The topological polar surface area (TPSA) is 136 Å². The van der Waals surface area contributed by atoms with Crippen molar-refractivity contribution in [1.29, 1.82) is 0 Å². The summed E-state index contributed by atoms with van der Waals surface area (Å²) in [5, 5.41) is 0. The fourth-order valence-corrected chi connectivity index (χ4v) is 1.10. The molecule has 0 fully saturated rings. The van der Waals surface area contributed by atoms with Crippen molar-refractivity contribution in [1.82, 2.24) is 0 Å². The Morgan fingerprint density at radius 1 is 0.733 bits per heavy atom. The van der Waals surface area contributed by atoms with Gasteiger partial charge in [0.1, 0.15) is 0 Å². The summed E-state index contributed by atoms with van der Waals surface area (Å²) < 4.78 is 21.2. The molecule has 0 bridgehead atoms. The Kier molecular flexibility index (Phi) is 44.5. The smallest absolute Gasteiger partial charge is 0.790 e. The summed E-state index contributed by atoms with van der Waals surface area (Å²) in [6, 6.07) is 0. The first-order chi connectivity index (χ1) is 4.71. The predicted molar refractivity (Wildman–Crippen MR) is 27.6 cm³/mol. The van der Waals surface area contributed by atoms with Crippen LogP contribution < -0.4 is 138 Å². The largest absolute Gasteiger partial charge is 1.00 e. The predicted octanol–water partition coefficient (Wildman–Crippen LogP) is -14.3. The van der Waals surface area contributed by atoms with E-state index in [0.717, 1.165) is 0 Å². The molecule has 0 N–H and O–H groups in total. The molecule has 0 aromatic carbocycles. The molecule has 0 aromatic rings. The second-order valence-corrected chi connectivity index (χ2v) is 3.42. The first-order valence-electron chi connectivity index (χ1n) is 2.46. The molecule has 0 radical (unpaired) electrons. The van der Waals surface area contributed by atoms with E-state index in [0.29, 0.717) is 0 Å². The van der Waals surface area contributed by atoms with E-state index in [1.807, 2.05) is 13.8 Å². The van der Waals surface area contributed by atoms with E-state index < -0.39 is 15.6 Å². The van der Waals surface area contributed by atoms with Gasteiger partial charge in [0.2, 0.25) is 0 Å². The van der Waals surface area contributed by atoms with Crippen LogP contribution in [-0.2, 0) is 13.4 Å². The average molecular weight is 296 g/mol. The van der Waals surface area contributed by atoms with E-state index in [1.54, 1.807) is 0 Å². The van der Waals surface area contributed by atoms with Crippen LogP contribution in [0.15, 0.2) is 0 Å². The Morgan fingerprint density at radius 3 is 0.867 bits per heavy atom. The van der Waals surface area contributed by atoms with Crippen LogP contribution >= 0.6 is 15.6 Å². The van der Waals surface area contributed by atoms with Crippen molar-refractivity contribution in [2.24, 2.45) is 0 Å². The maximum absolute atomic E-state index is 9.32. The SMILES string of the molecule is CC.O=P([O-])([O-])OP(=O)([O-])[O-].[Na+].[Na+].[Na+].[Na+]. The minimum Gasteiger partial charge on any atom is -0.790 e. The second kappa shape index (κ2) is 18.3. The second-order valence-electron chi connectivity index (χ2n) is 0.976. The summed E-state index contributed by atoms with van der Waals surface area (Å²) >= 11 is 0. The fraction of sp³-hybridized carbons (Fsp3) is 1.00. The van der Waals surface area contributed by atoms with Crippen molar-refractivity contribution in [2.45, 2.75) is 13.8 Å². The maximum atomic E-state index is 9.32. The first-order valence-corrected chi connectivity index (χ1v) is 5.38. The van der Waals surface area contributed by atoms with Gasteiger partial charge < -0.3 is 33.0 Å². The quantitative estimate of drug-likeness (QED) is 0.364. The summed E-state index contributed by atoms with van der Waals surface area (Å²) in [5.41, 5.74) is 0. The zero-order chi connectivity index (χ0) is 9.71. The van der Waals surface area contributed by atoms with E-state index in [1.165, 1.54) is 0 Å². The molecule has 15 heavy (non-hydrogen) atoms. The van der Waals surface area contributed by atoms with Gasteiger partial charge >= 0.3 is 118 Å². The van der Waals surface area contributed by atoms with Crippen LogP contribution in [0.1, 0.15) is 13.8 Å². The minimum absolute atomic E-state index is 0. The molecule has 0 aliphatic rings. The Hall–Kier alpha value is 4.26. The third kappa shape index (κ3) is 45.9. The zero-order valence-corrected chi connectivity index (χ0v) is 19.5. The third-order valence-corrected chi connectivity index (χ3v) is 1.80. The molecule has 0 atom stereocenters. The normalized spacial score (nSPS) is 8.67. The van der Waals surface area contributed by atoms with Gasteiger partial charge in [-0.25, -0.2) is 0 Å². The fourth-order valence-electron chi connectivity index (χ4n) is 0.122. The molecule has 0 heterocycles. The molecular formula is C2H6Na4O7P2. The van der Waals surface area contributed by atoms with Gasteiger partial charge in [0.25, 0.3) is 0 Å². The van der Waals surface area contributed by atoms with Gasteiger partial charge in [-0.1, -0.05) is 13.8 Å². The van der Waals surface area contributed by atoms with Crippen LogP contribution in [0, 0.1) is 0 Å². The Balaban J connectivity index is -0.0000000317. The van der Waals surface area contributed by atoms with Crippen LogP contribution in [0.3, 0.4) is 0 Å². The van der Waals surface area contributed by atoms with Gasteiger partial charge in [0.05, 0.1) is 15.6 Å². The van der Waals surface area contributed by atoms with Gasteiger partial charge in [-0.2, -0.15) is 0 Å². The molecule has 13 heteroatoms. The maximum Gasteiger partial charge on any atom is 1.00 e. The van der Waals surface area contributed by atoms with Crippen LogP contribution in [0.5, 0.6) is 0 Å². The van der Waals surface area contributed by atoms with Crippen molar-refractivity contribution >= 4 is 15.6 Å². The van der Waals surface area contributed by atoms with Crippen LogP contribution in [0.2, 0.25) is 0 Å². The molecule has 0 saturated heterocycles. The molecule has 0 aromatic heterocycles. The van der Waals surface area contributed by atoms with Crippen molar-refractivity contribution in [2.75, 3.05) is 0 Å². The first kappa shape index (κ1) is 36.5. The van der Waals surface area contributed by atoms with Crippen LogP contribution in [0.25, 0.3) is 0 Å². The minimum atomic E-state index is -5.68. The van der Waals surface area contributed by atoms with E-state index in [9.17, 15) is 28.7 Å². The van der Waals surface area contributed by atoms with Crippen LogP contribution in [0.4, 0.5) is 0 Å². The number of phosphoric acid groups is 2. The van der Waals surface area contributed by atoms with E-state index in [2.05, 4.69) is 4.31 Å². The summed E-state index contributed by atoms with van der Waals surface area (Å²) in [6.45, 7) is 4.00. The van der Waals surface area contributed by atoms with E-state index in [-0.39, 0.29) is 118 Å². The molecule has 0 aliphatic carbocycles. The van der Waals surface area contributed by atoms with Crippen molar-refractivity contribution < 1.29 is 151 Å². The Bertz CT molecular complexity index is 167. The van der Waals surface area contributed by atoms with Gasteiger partial charge in [-0.3, -0.25) is 0 Å². The summed E-state index contributed by atoms with van der Waals surface area (Å²) in [7, 11) is -11.4. The number of rotatable bonds is 2. The van der Waals surface area contributed by atoms with Crippen molar-refractivity contribution in [3.63, 3.8) is 0 Å². The van der Waals surface area contributed by atoms with Crippen molar-refractivity contribution in [3.8, 4) is 0 Å². The van der Waals surface area contributed by atoms with Gasteiger partial charge in [0, 0.05) is 0 Å². The Labute approximate surface area is 177 Å². The monoisotopic (exact) mass is 296 g/mol.